The lowest BCUT2D eigenvalue weighted by atomic mass is 9.79. The molecule has 3 heterocycles. The second-order valence-electron chi connectivity index (χ2n) is 6.77. The highest BCUT2D eigenvalue weighted by atomic mass is 35.5. The molecular weight excluding hydrogens is 300 g/mol. The number of likely N-dealkylation sites (tertiary alicyclic amines) is 1. The number of H-pyrrole nitrogens is 1. The third-order valence-electron chi connectivity index (χ3n) is 4.49. The first kappa shape index (κ1) is 17.1. The Morgan fingerprint density at radius 1 is 1.45 bits per heavy atom. The molecule has 5 nitrogen and oxygen atoms in total. The number of hydrogen-bond acceptors (Lipinski definition) is 4. The second kappa shape index (κ2) is 6.44. The molecule has 1 aliphatic heterocycles. The quantitative estimate of drug-likeness (QED) is 0.910. The fraction of sp³-hybridized carbons (Fsp3) is 0.562. The van der Waals surface area contributed by atoms with Crippen LogP contribution < -0.4 is 5.73 Å². The van der Waals surface area contributed by atoms with Gasteiger partial charge in [0.1, 0.15) is 11.5 Å². The number of aryl methyl sites for hydroxylation is 1. The predicted molar refractivity (Wildman–Crippen MR) is 89.9 cm³/mol. The van der Waals surface area contributed by atoms with Crippen molar-refractivity contribution < 1.29 is 4.42 Å². The standard InChI is InChI=1S/C16H24N4O.ClH/c1-11-4-5-13(21-11)15-12(8-18-19-15)9-20-7-6-14(17)16(2,3)10-20;/h4-5,8,14H,6-7,9-10,17H2,1-3H3,(H,18,19);1H. The van der Waals surface area contributed by atoms with Crippen LogP contribution in [0.3, 0.4) is 0 Å². The molecule has 0 saturated carbocycles. The van der Waals surface area contributed by atoms with Gasteiger partial charge in [0.25, 0.3) is 0 Å². The number of nitrogens with two attached hydrogens (primary N) is 1. The molecular formula is C16H25ClN4O. The molecule has 122 valence electrons. The first-order valence-electron chi connectivity index (χ1n) is 7.53. The van der Waals surface area contributed by atoms with Crippen molar-refractivity contribution in [3.8, 4) is 11.5 Å². The van der Waals surface area contributed by atoms with E-state index in [0.29, 0.717) is 0 Å². The summed E-state index contributed by atoms with van der Waals surface area (Å²) in [6.45, 7) is 9.37. The number of aromatic nitrogens is 2. The minimum Gasteiger partial charge on any atom is -0.460 e. The molecule has 0 bridgehead atoms. The van der Waals surface area contributed by atoms with E-state index in [4.69, 9.17) is 10.2 Å². The molecule has 1 atom stereocenters. The van der Waals surface area contributed by atoms with Crippen molar-refractivity contribution in [3.63, 3.8) is 0 Å². The van der Waals surface area contributed by atoms with Crippen LogP contribution in [0.5, 0.6) is 0 Å². The van der Waals surface area contributed by atoms with Crippen molar-refractivity contribution in [2.75, 3.05) is 13.1 Å². The van der Waals surface area contributed by atoms with Crippen molar-refractivity contribution in [3.05, 3.63) is 29.7 Å². The Morgan fingerprint density at radius 3 is 2.86 bits per heavy atom. The molecule has 0 radical (unpaired) electrons. The molecule has 1 saturated heterocycles. The summed E-state index contributed by atoms with van der Waals surface area (Å²) in [5.41, 5.74) is 8.53. The molecule has 3 N–H and O–H groups in total. The Bertz CT molecular complexity index is 619. The largest absolute Gasteiger partial charge is 0.460 e. The highest BCUT2D eigenvalue weighted by Crippen LogP contribution is 2.30. The maximum Gasteiger partial charge on any atom is 0.152 e. The van der Waals surface area contributed by atoms with Crippen LogP contribution >= 0.6 is 12.4 Å². The van der Waals surface area contributed by atoms with E-state index in [1.807, 2.05) is 25.3 Å². The molecule has 0 aromatic carbocycles. The molecule has 1 aliphatic rings. The Kier molecular flexibility index (Phi) is 5.00. The van der Waals surface area contributed by atoms with Gasteiger partial charge >= 0.3 is 0 Å². The van der Waals surface area contributed by atoms with Crippen LogP contribution in [0.25, 0.3) is 11.5 Å². The highest BCUT2D eigenvalue weighted by molar-refractivity contribution is 5.85. The fourth-order valence-electron chi connectivity index (χ4n) is 3.07. The number of furan rings is 1. The normalized spacial score (nSPS) is 21.5. The van der Waals surface area contributed by atoms with E-state index in [1.165, 1.54) is 5.56 Å². The topological polar surface area (TPSA) is 71.1 Å². The van der Waals surface area contributed by atoms with Gasteiger partial charge in [0.05, 0.1) is 6.20 Å². The molecule has 2 aromatic heterocycles. The summed E-state index contributed by atoms with van der Waals surface area (Å²) >= 11 is 0. The number of aromatic amines is 1. The van der Waals surface area contributed by atoms with Crippen LogP contribution in [0, 0.1) is 12.3 Å². The van der Waals surface area contributed by atoms with Gasteiger partial charge in [0, 0.05) is 31.2 Å². The van der Waals surface area contributed by atoms with E-state index >= 15 is 0 Å². The summed E-state index contributed by atoms with van der Waals surface area (Å²) in [5.74, 6) is 1.77. The molecule has 22 heavy (non-hydrogen) atoms. The zero-order valence-electron chi connectivity index (χ0n) is 13.4. The van der Waals surface area contributed by atoms with Gasteiger partial charge in [-0.05, 0) is 30.9 Å². The predicted octanol–water partition coefficient (Wildman–Crippen LogP) is 2.96. The average molecular weight is 325 g/mol. The summed E-state index contributed by atoms with van der Waals surface area (Å²) in [4.78, 5) is 2.45. The minimum absolute atomic E-state index is 0. The maximum atomic E-state index is 6.21. The lowest BCUT2D eigenvalue weighted by molar-refractivity contribution is 0.0900. The van der Waals surface area contributed by atoms with Gasteiger partial charge in [0.15, 0.2) is 5.76 Å². The molecule has 1 unspecified atom stereocenters. The van der Waals surface area contributed by atoms with E-state index in [9.17, 15) is 0 Å². The molecule has 6 heteroatoms. The number of nitrogens with one attached hydrogen (secondary N) is 1. The molecule has 1 fully saturated rings. The maximum absolute atomic E-state index is 6.21. The van der Waals surface area contributed by atoms with Crippen LogP contribution in [0.1, 0.15) is 31.6 Å². The zero-order valence-corrected chi connectivity index (χ0v) is 14.2. The van der Waals surface area contributed by atoms with Crippen molar-refractivity contribution in [2.45, 2.75) is 39.8 Å². The molecule has 3 rings (SSSR count). The van der Waals surface area contributed by atoms with Gasteiger partial charge in [-0.25, -0.2) is 0 Å². The highest BCUT2D eigenvalue weighted by Gasteiger charge is 2.33. The Balaban J connectivity index is 0.00000176. The molecule has 0 amide bonds. The Morgan fingerprint density at radius 2 is 2.23 bits per heavy atom. The Labute approximate surface area is 137 Å². The third kappa shape index (κ3) is 3.37. The summed E-state index contributed by atoms with van der Waals surface area (Å²) in [6.07, 6.45) is 2.94. The van der Waals surface area contributed by atoms with Gasteiger partial charge in [0.2, 0.25) is 0 Å². The molecule has 0 spiro atoms. The van der Waals surface area contributed by atoms with E-state index < -0.39 is 0 Å². The minimum atomic E-state index is 0. The first-order chi connectivity index (χ1) is 9.95. The van der Waals surface area contributed by atoms with Crippen LogP contribution in [0.15, 0.2) is 22.7 Å². The lowest BCUT2D eigenvalue weighted by Crippen LogP contribution is -2.52. The van der Waals surface area contributed by atoms with E-state index in [1.54, 1.807) is 0 Å². The number of hydrogen-bond donors (Lipinski definition) is 2. The fourth-order valence-corrected chi connectivity index (χ4v) is 3.07. The van der Waals surface area contributed by atoms with Crippen molar-refractivity contribution in [2.24, 2.45) is 11.1 Å². The second-order valence-corrected chi connectivity index (χ2v) is 6.77. The smallest absolute Gasteiger partial charge is 0.152 e. The number of nitrogens with zero attached hydrogens (tertiary/aromatic N) is 2. The SMILES string of the molecule is Cc1ccc(-c2[nH]ncc2CN2CCC(N)C(C)(C)C2)o1.Cl. The average Bonchev–Trinajstić information content (AvgIpc) is 3.02. The molecule has 0 aliphatic carbocycles. The monoisotopic (exact) mass is 324 g/mol. The van der Waals surface area contributed by atoms with Crippen molar-refractivity contribution in [1.29, 1.82) is 0 Å². The van der Waals surface area contributed by atoms with Crippen LogP contribution in [0.2, 0.25) is 0 Å². The van der Waals surface area contributed by atoms with Crippen LogP contribution in [0.4, 0.5) is 0 Å². The van der Waals surface area contributed by atoms with E-state index in [-0.39, 0.29) is 23.9 Å². The summed E-state index contributed by atoms with van der Waals surface area (Å²) in [7, 11) is 0. The lowest BCUT2D eigenvalue weighted by Gasteiger charge is -2.42. The van der Waals surface area contributed by atoms with E-state index in [0.717, 1.165) is 43.3 Å². The third-order valence-corrected chi connectivity index (χ3v) is 4.49. The van der Waals surface area contributed by atoms with Crippen LogP contribution in [-0.2, 0) is 6.54 Å². The number of rotatable bonds is 3. The van der Waals surface area contributed by atoms with Gasteiger partial charge in [-0.2, -0.15) is 5.10 Å². The van der Waals surface area contributed by atoms with Crippen molar-refractivity contribution >= 4 is 12.4 Å². The summed E-state index contributed by atoms with van der Waals surface area (Å²) in [6, 6.07) is 4.25. The number of halogens is 1. The number of piperidine rings is 1. The molecule has 2 aromatic rings. The van der Waals surface area contributed by atoms with Gasteiger partial charge in [-0.15, -0.1) is 12.4 Å². The van der Waals surface area contributed by atoms with E-state index in [2.05, 4.69) is 28.9 Å². The summed E-state index contributed by atoms with van der Waals surface area (Å²) < 4.78 is 5.71. The van der Waals surface area contributed by atoms with Gasteiger partial charge in [-0.1, -0.05) is 13.8 Å². The summed E-state index contributed by atoms with van der Waals surface area (Å²) in [5, 5.41) is 7.25. The van der Waals surface area contributed by atoms with Crippen molar-refractivity contribution in [1.82, 2.24) is 15.1 Å². The van der Waals surface area contributed by atoms with Gasteiger partial charge < -0.3 is 10.2 Å². The first-order valence-corrected chi connectivity index (χ1v) is 7.53. The zero-order chi connectivity index (χ0) is 15.0. The van der Waals surface area contributed by atoms with Crippen LogP contribution in [-0.4, -0.2) is 34.2 Å². The Hall–Kier alpha value is -1.30. The van der Waals surface area contributed by atoms with Gasteiger partial charge in [-0.3, -0.25) is 10.00 Å².